The van der Waals surface area contributed by atoms with Crippen molar-refractivity contribution in [3.8, 4) is 17.2 Å². The molecule has 0 amide bonds. The first-order valence-corrected chi connectivity index (χ1v) is 10.5. The lowest BCUT2D eigenvalue weighted by atomic mass is 9.95. The van der Waals surface area contributed by atoms with Crippen molar-refractivity contribution >= 4 is 11.5 Å². The molecule has 2 aliphatic heterocycles. The number of ketones is 1. The fourth-order valence-electron chi connectivity index (χ4n) is 4.26. The first-order chi connectivity index (χ1) is 15.6. The highest BCUT2D eigenvalue weighted by Gasteiger charge is 2.43. The summed E-state index contributed by atoms with van der Waals surface area (Å²) in [6.45, 7) is 2.00. The van der Waals surface area contributed by atoms with Gasteiger partial charge in [-0.25, -0.2) is 5.01 Å². The van der Waals surface area contributed by atoms with E-state index in [1.165, 1.54) is 0 Å². The van der Waals surface area contributed by atoms with Gasteiger partial charge < -0.3 is 14.2 Å². The van der Waals surface area contributed by atoms with E-state index in [4.69, 9.17) is 19.3 Å². The molecule has 0 aliphatic carbocycles. The lowest BCUT2D eigenvalue weighted by Gasteiger charge is -2.37. The van der Waals surface area contributed by atoms with Crippen LogP contribution < -0.4 is 14.2 Å². The number of Topliss-reactive ketones (excluding diaryl/α,β-unsaturated/α-hetero) is 1. The van der Waals surface area contributed by atoms with Gasteiger partial charge in [-0.15, -0.1) is 0 Å². The van der Waals surface area contributed by atoms with Crippen molar-refractivity contribution < 1.29 is 19.0 Å². The third kappa shape index (κ3) is 3.38. The van der Waals surface area contributed by atoms with Crippen molar-refractivity contribution in [3.05, 3.63) is 89.0 Å². The van der Waals surface area contributed by atoms with Gasteiger partial charge >= 0.3 is 0 Å². The van der Waals surface area contributed by atoms with Crippen molar-refractivity contribution in [1.29, 1.82) is 0 Å². The third-order valence-corrected chi connectivity index (χ3v) is 5.98. The van der Waals surface area contributed by atoms with Crippen LogP contribution in [0.2, 0.25) is 0 Å². The van der Waals surface area contributed by atoms with E-state index in [0.29, 0.717) is 23.5 Å². The Morgan fingerprint density at radius 3 is 2.50 bits per heavy atom. The SMILES string of the molecule is COc1ccc(C2=NN3[C@@H](C(=O)c4ccc(C)cc4)Oc4ccccc4[C@H]3C2)cc1OC. The van der Waals surface area contributed by atoms with E-state index >= 15 is 0 Å². The maximum atomic E-state index is 13.4. The van der Waals surface area contributed by atoms with Crippen molar-refractivity contribution in [2.45, 2.75) is 25.6 Å². The summed E-state index contributed by atoms with van der Waals surface area (Å²) in [6.07, 6.45) is -0.164. The quantitative estimate of drug-likeness (QED) is 0.548. The monoisotopic (exact) mass is 428 g/mol. The lowest BCUT2D eigenvalue weighted by Crippen LogP contribution is -2.45. The van der Waals surface area contributed by atoms with Crippen LogP contribution in [0.1, 0.15) is 39.5 Å². The van der Waals surface area contributed by atoms with Gasteiger partial charge in [0.1, 0.15) is 5.75 Å². The number of para-hydroxylation sites is 1. The summed E-state index contributed by atoms with van der Waals surface area (Å²) >= 11 is 0. The third-order valence-electron chi connectivity index (χ3n) is 5.98. The topological polar surface area (TPSA) is 60.4 Å². The van der Waals surface area contributed by atoms with Gasteiger partial charge in [-0.3, -0.25) is 4.79 Å². The largest absolute Gasteiger partial charge is 0.493 e. The van der Waals surface area contributed by atoms with E-state index in [0.717, 1.165) is 28.2 Å². The van der Waals surface area contributed by atoms with Crippen molar-refractivity contribution in [1.82, 2.24) is 5.01 Å². The molecule has 0 radical (unpaired) electrons. The van der Waals surface area contributed by atoms with Gasteiger partial charge in [0.25, 0.3) is 6.23 Å². The number of rotatable bonds is 5. The van der Waals surface area contributed by atoms with Gasteiger partial charge in [0.15, 0.2) is 11.5 Å². The van der Waals surface area contributed by atoms with E-state index in [1.807, 2.05) is 73.7 Å². The number of carbonyl (C=O) groups is 1. The van der Waals surface area contributed by atoms with Gasteiger partial charge in [-0.2, -0.15) is 5.10 Å². The van der Waals surface area contributed by atoms with Gasteiger partial charge in [0, 0.05) is 23.1 Å². The van der Waals surface area contributed by atoms with Gasteiger partial charge in [-0.05, 0) is 31.2 Å². The summed E-state index contributed by atoms with van der Waals surface area (Å²) in [5.74, 6) is 1.92. The van der Waals surface area contributed by atoms with E-state index in [1.54, 1.807) is 19.2 Å². The van der Waals surface area contributed by atoms with Crippen LogP contribution >= 0.6 is 0 Å². The first-order valence-electron chi connectivity index (χ1n) is 10.5. The summed E-state index contributed by atoms with van der Waals surface area (Å²) in [4.78, 5) is 13.4. The van der Waals surface area contributed by atoms with Crippen LogP contribution in [-0.4, -0.2) is 37.0 Å². The number of methoxy groups -OCH3 is 2. The molecule has 0 saturated heterocycles. The predicted octanol–water partition coefficient (Wildman–Crippen LogP) is 4.76. The van der Waals surface area contributed by atoms with Crippen LogP contribution in [0.25, 0.3) is 0 Å². The zero-order valence-electron chi connectivity index (χ0n) is 18.2. The van der Waals surface area contributed by atoms with E-state index < -0.39 is 6.23 Å². The molecule has 0 bridgehead atoms. The van der Waals surface area contributed by atoms with Crippen LogP contribution in [0.4, 0.5) is 0 Å². The number of benzene rings is 3. The minimum atomic E-state index is -0.824. The van der Waals surface area contributed by atoms with Gasteiger partial charge in [-0.1, -0.05) is 48.0 Å². The summed E-state index contributed by atoms with van der Waals surface area (Å²) in [5, 5.41) is 6.67. The molecule has 32 heavy (non-hydrogen) atoms. The van der Waals surface area contributed by atoms with Crippen molar-refractivity contribution in [2.75, 3.05) is 14.2 Å². The summed E-state index contributed by atoms with van der Waals surface area (Å²) in [5.41, 5.74) is 4.53. The van der Waals surface area contributed by atoms with Crippen LogP contribution in [-0.2, 0) is 0 Å². The maximum absolute atomic E-state index is 13.4. The molecule has 162 valence electrons. The molecule has 6 nitrogen and oxygen atoms in total. The standard InChI is InChI=1S/C26H24N2O4/c1-16-8-10-17(11-9-16)25(29)26-28-21(19-6-4-5-7-22(19)32-26)15-20(27-28)18-12-13-23(30-2)24(14-18)31-3/h4-14,21,26H,15H2,1-3H3/t21-,26-/m1/s1. The second kappa shape index (κ2) is 8.04. The second-order valence-electron chi connectivity index (χ2n) is 7.95. The average Bonchev–Trinajstić information content (AvgIpc) is 3.29. The minimum Gasteiger partial charge on any atom is -0.493 e. The zero-order valence-corrected chi connectivity index (χ0v) is 18.2. The number of fused-ring (bicyclic) bond motifs is 3. The lowest BCUT2D eigenvalue weighted by molar-refractivity contribution is -0.00455. The number of hydrogen-bond acceptors (Lipinski definition) is 6. The molecule has 6 heteroatoms. The molecule has 2 heterocycles. The first kappa shape index (κ1) is 20.1. The Balaban J connectivity index is 1.55. The Hall–Kier alpha value is -3.80. The van der Waals surface area contributed by atoms with E-state index in [9.17, 15) is 4.79 Å². The van der Waals surface area contributed by atoms with E-state index in [2.05, 4.69) is 0 Å². The van der Waals surface area contributed by atoms with Crippen LogP contribution in [0.15, 0.2) is 71.8 Å². The number of nitrogens with zero attached hydrogens (tertiary/aromatic N) is 2. The summed E-state index contributed by atoms with van der Waals surface area (Å²) in [7, 11) is 3.22. The van der Waals surface area contributed by atoms with Crippen molar-refractivity contribution in [2.24, 2.45) is 5.10 Å². The summed E-state index contributed by atoms with van der Waals surface area (Å²) in [6, 6.07) is 21.1. The number of hydrogen-bond donors (Lipinski definition) is 0. The average molecular weight is 428 g/mol. The number of ether oxygens (including phenoxy) is 3. The summed E-state index contributed by atoms with van der Waals surface area (Å²) < 4.78 is 17.0. The molecule has 2 aliphatic rings. The molecular formula is C26H24N2O4. The molecule has 0 spiro atoms. The molecule has 0 fully saturated rings. The molecule has 5 rings (SSSR count). The van der Waals surface area contributed by atoms with Gasteiger partial charge in [0.05, 0.1) is 26.0 Å². The van der Waals surface area contributed by atoms with Crippen LogP contribution in [0, 0.1) is 6.92 Å². The van der Waals surface area contributed by atoms with E-state index in [-0.39, 0.29) is 11.8 Å². The molecule has 0 unspecified atom stereocenters. The smallest absolute Gasteiger partial charge is 0.251 e. The molecule has 0 N–H and O–H groups in total. The second-order valence-corrected chi connectivity index (χ2v) is 7.95. The number of hydrazone groups is 1. The van der Waals surface area contributed by atoms with Gasteiger partial charge in [0.2, 0.25) is 5.78 Å². The fraction of sp³-hybridized carbons (Fsp3) is 0.231. The highest BCUT2D eigenvalue weighted by atomic mass is 16.5. The van der Waals surface area contributed by atoms with Crippen LogP contribution in [0.3, 0.4) is 0 Å². The van der Waals surface area contributed by atoms with Crippen molar-refractivity contribution in [3.63, 3.8) is 0 Å². The minimum absolute atomic E-state index is 0.0811. The molecule has 0 saturated carbocycles. The molecule has 2 atom stereocenters. The molecular weight excluding hydrogens is 404 g/mol. The molecule has 0 aromatic heterocycles. The number of aryl methyl sites for hydroxylation is 1. The van der Waals surface area contributed by atoms with Crippen LogP contribution in [0.5, 0.6) is 17.2 Å². The number of carbonyl (C=O) groups excluding carboxylic acids is 1. The Morgan fingerprint density at radius 1 is 1.00 bits per heavy atom. The highest BCUT2D eigenvalue weighted by molar-refractivity contribution is 6.04. The highest BCUT2D eigenvalue weighted by Crippen LogP contribution is 2.44. The molecule has 3 aromatic carbocycles. The Bertz CT molecular complexity index is 1200. The Morgan fingerprint density at radius 2 is 1.75 bits per heavy atom. The normalized spacial score (nSPS) is 18.8. The fourth-order valence-corrected chi connectivity index (χ4v) is 4.26. The zero-order chi connectivity index (χ0) is 22.2. The predicted molar refractivity (Wildman–Crippen MR) is 122 cm³/mol. The maximum Gasteiger partial charge on any atom is 0.251 e. The Labute approximate surface area is 187 Å². The molecule has 3 aromatic rings. The Kier molecular flexibility index (Phi) is 5.05.